The summed E-state index contributed by atoms with van der Waals surface area (Å²) >= 11 is 0. The number of fused-ring (bicyclic) bond motifs is 5. The fourth-order valence-electron chi connectivity index (χ4n) is 4.35. The number of carbonyl (C=O) groups excluding carboxylic acids is 2. The van der Waals surface area contributed by atoms with E-state index in [1.807, 2.05) is 0 Å². The Morgan fingerprint density at radius 2 is 1.52 bits per heavy atom. The summed E-state index contributed by atoms with van der Waals surface area (Å²) in [4.78, 5) is 26.6. The molecule has 0 radical (unpaired) electrons. The smallest absolute Gasteiger partial charge is 0.235 e. The van der Waals surface area contributed by atoms with E-state index in [4.69, 9.17) is 17.7 Å². The Labute approximate surface area is 162 Å². The molecule has 0 N–H and O–H groups in total. The van der Waals surface area contributed by atoms with E-state index in [-0.39, 0.29) is 35.9 Å². The van der Waals surface area contributed by atoms with Gasteiger partial charge in [0.05, 0.1) is 61.3 Å². The molecule has 0 unspecified atom stereocenters. The molecule has 156 valence electrons. The fourth-order valence-corrected chi connectivity index (χ4v) is 4.35. The summed E-state index contributed by atoms with van der Waals surface area (Å²) in [5.74, 6) is -0.287. The van der Waals surface area contributed by atoms with Gasteiger partial charge in [-0.1, -0.05) is 13.3 Å². The number of imide groups is 1. The van der Waals surface area contributed by atoms with Crippen molar-refractivity contribution in [3.8, 4) is 0 Å². The number of carbonyl (C=O) groups is 2. The van der Waals surface area contributed by atoms with Crippen molar-refractivity contribution in [2.75, 3.05) is 40.0 Å². The number of hydrogen-bond acceptors (Lipinski definition) is 6. The Hall–Kier alpha value is -1.03. The molecule has 0 spiro atoms. The van der Waals surface area contributed by atoms with E-state index in [2.05, 4.69) is 21.0 Å². The van der Waals surface area contributed by atoms with E-state index in [0.717, 1.165) is 36.8 Å². The van der Waals surface area contributed by atoms with Gasteiger partial charge in [-0.05, 0) is 19.3 Å². The zero-order valence-electron chi connectivity index (χ0n) is 16.7. The zero-order valence-corrected chi connectivity index (χ0v) is 17.5. The topological polar surface area (TPSA) is 104 Å². The predicted octanol–water partition coefficient (Wildman–Crippen LogP) is 0.577. The van der Waals surface area contributed by atoms with Crippen LogP contribution in [0, 0.1) is 11.8 Å². The van der Waals surface area contributed by atoms with Crippen LogP contribution in [0.3, 0.4) is 0 Å². The average Bonchev–Trinajstić information content (AvgIpc) is 3.20. The van der Waals surface area contributed by atoms with Crippen molar-refractivity contribution in [3.05, 3.63) is 0 Å². The van der Waals surface area contributed by atoms with Gasteiger partial charge in [0, 0.05) is 19.2 Å². The lowest BCUT2D eigenvalue weighted by molar-refractivity contribution is -0.890. The number of rotatable bonds is 7. The summed E-state index contributed by atoms with van der Waals surface area (Å²) in [5.41, 5.74) is 0. The Kier molecular flexibility index (Phi) is 7.05. The molecule has 0 aromatic carbocycles. The molecule has 3 aliphatic rings. The average molecular weight is 405 g/mol. The molecule has 2 amide bonds. The molecule has 27 heavy (non-hydrogen) atoms. The first-order valence-electron chi connectivity index (χ1n) is 9.68. The van der Waals surface area contributed by atoms with Crippen LogP contribution in [0.2, 0.25) is 0 Å². The van der Waals surface area contributed by atoms with Gasteiger partial charge >= 0.3 is 0 Å². The van der Waals surface area contributed by atoms with Gasteiger partial charge in [0.15, 0.2) is 0 Å². The van der Waals surface area contributed by atoms with Crippen molar-refractivity contribution < 1.29 is 31.8 Å². The van der Waals surface area contributed by atoms with E-state index in [0.29, 0.717) is 12.8 Å². The zero-order chi connectivity index (χ0) is 20.4. The molecule has 3 aliphatic heterocycles. The molecule has 8 nitrogen and oxygen atoms in total. The largest absolute Gasteiger partial charge is 0.748 e. The third-order valence-electron chi connectivity index (χ3n) is 5.64. The quantitative estimate of drug-likeness (QED) is 0.349. The van der Waals surface area contributed by atoms with E-state index in [9.17, 15) is 9.59 Å². The van der Waals surface area contributed by atoms with Crippen LogP contribution in [0.1, 0.15) is 39.0 Å². The standard InChI is InChI=1S/C17H29N2O3.CH4O3S/c1-4-5-10-19(2,3)11-6-9-18-16(20)14-12-7-8-13(22-12)15(14)17(18)21;1-5(2,3)4/h12-15H,4-11H2,1-3H3;1H3,(H,2,3,4)/q+1;/p-1/t12-,13+,14-,15+;. The van der Waals surface area contributed by atoms with Crippen LogP contribution in [-0.2, 0) is 24.4 Å². The van der Waals surface area contributed by atoms with E-state index in [1.54, 1.807) is 0 Å². The van der Waals surface area contributed by atoms with Crippen molar-refractivity contribution in [1.82, 2.24) is 4.90 Å². The summed E-state index contributed by atoms with van der Waals surface area (Å²) in [5, 5.41) is 0. The second-order valence-corrected chi connectivity index (χ2v) is 9.87. The van der Waals surface area contributed by atoms with Crippen molar-refractivity contribution in [2.45, 2.75) is 51.2 Å². The number of nitrogens with zero attached hydrogens (tertiary/aromatic N) is 2. The Balaban J connectivity index is 0.000000465. The molecule has 0 saturated carbocycles. The lowest BCUT2D eigenvalue weighted by Gasteiger charge is -2.30. The molecule has 0 aliphatic carbocycles. The van der Waals surface area contributed by atoms with Crippen molar-refractivity contribution in [1.29, 1.82) is 0 Å². The van der Waals surface area contributed by atoms with Gasteiger partial charge < -0.3 is 13.8 Å². The highest BCUT2D eigenvalue weighted by molar-refractivity contribution is 7.84. The van der Waals surface area contributed by atoms with Gasteiger partial charge in [-0.3, -0.25) is 14.5 Å². The number of ether oxygens (including phenoxy) is 1. The van der Waals surface area contributed by atoms with Gasteiger partial charge in [-0.25, -0.2) is 8.42 Å². The van der Waals surface area contributed by atoms with Gasteiger partial charge in [0.1, 0.15) is 0 Å². The normalized spacial score (nSPS) is 29.7. The first-order chi connectivity index (χ1) is 12.4. The summed E-state index contributed by atoms with van der Waals surface area (Å²) < 4.78 is 34.0. The van der Waals surface area contributed by atoms with Crippen LogP contribution in [0.4, 0.5) is 0 Å². The number of hydrogen-bond donors (Lipinski definition) is 0. The van der Waals surface area contributed by atoms with Crippen LogP contribution in [-0.4, -0.2) is 86.4 Å². The number of amides is 2. The maximum Gasteiger partial charge on any atom is 0.235 e. The minimum absolute atomic E-state index is 0.00762. The third-order valence-corrected chi connectivity index (χ3v) is 5.64. The lowest BCUT2D eigenvalue weighted by Crippen LogP contribution is -2.43. The van der Waals surface area contributed by atoms with Gasteiger partial charge in [0.25, 0.3) is 0 Å². The number of likely N-dealkylation sites (tertiary alicyclic amines) is 1. The third kappa shape index (κ3) is 5.73. The summed E-state index contributed by atoms with van der Waals surface area (Å²) in [6.45, 7) is 4.95. The maximum absolute atomic E-state index is 12.5. The number of unbranched alkanes of at least 4 members (excludes halogenated alkanes) is 1. The highest BCUT2D eigenvalue weighted by atomic mass is 32.2. The van der Waals surface area contributed by atoms with Crippen LogP contribution in [0.25, 0.3) is 0 Å². The van der Waals surface area contributed by atoms with Crippen LogP contribution in [0.15, 0.2) is 0 Å². The summed E-state index contributed by atoms with van der Waals surface area (Å²) in [6.07, 6.45) is 5.83. The molecule has 3 fully saturated rings. The summed E-state index contributed by atoms with van der Waals surface area (Å²) in [7, 11) is 0.540. The van der Waals surface area contributed by atoms with E-state index in [1.165, 1.54) is 17.7 Å². The second kappa shape index (κ2) is 8.55. The van der Waals surface area contributed by atoms with Gasteiger partial charge in [-0.2, -0.15) is 0 Å². The van der Waals surface area contributed by atoms with E-state index >= 15 is 0 Å². The monoisotopic (exact) mass is 404 g/mol. The fraction of sp³-hybridized carbons (Fsp3) is 0.889. The van der Waals surface area contributed by atoms with Crippen molar-refractivity contribution in [2.24, 2.45) is 11.8 Å². The lowest BCUT2D eigenvalue weighted by atomic mass is 9.81. The first-order valence-corrected chi connectivity index (χ1v) is 11.5. The molecule has 2 bridgehead atoms. The second-order valence-electron chi connectivity index (χ2n) is 8.46. The molecular weight excluding hydrogens is 372 g/mol. The van der Waals surface area contributed by atoms with Crippen LogP contribution < -0.4 is 0 Å². The SMILES string of the molecule is CCCC[N+](C)(C)CCCN1C(=O)[C@@H]2[C@H](C1=O)[C@H]1CC[C@@H]2O1.CS(=O)(=O)[O-]. The molecule has 0 aromatic heterocycles. The highest BCUT2D eigenvalue weighted by Crippen LogP contribution is 2.48. The Bertz CT molecular complexity index is 627. The Morgan fingerprint density at radius 3 is 1.96 bits per heavy atom. The number of quaternary nitrogens is 1. The molecule has 4 atom stereocenters. The van der Waals surface area contributed by atoms with Crippen molar-refractivity contribution in [3.63, 3.8) is 0 Å². The minimum Gasteiger partial charge on any atom is -0.748 e. The van der Waals surface area contributed by atoms with Crippen molar-refractivity contribution >= 4 is 21.9 Å². The maximum atomic E-state index is 12.5. The highest BCUT2D eigenvalue weighted by Gasteiger charge is 2.62. The summed E-state index contributed by atoms with van der Waals surface area (Å²) in [6, 6.07) is 0. The molecule has 0 aromatic rings. The Morgan fingerprint density at radius 1 is 1.07 bits per heavy atom. The minimum atomic E-state index is -3.92. The van der Waals surface area contributed by atoms with E-state index < -0.39 is 10.1 Å². The van der Waals surface area contributed by atoms with Gasteiger partial charge in [-0.15, -0.1) is 0 Å². The van der Waals surface area contributed by atoms with Gasteiger partial charge in [0.2, 0.25) is 11.8 Å². The molecule has 9 heteroatoms. The van der Waals surface area contributed by atoms with Crippen LogP contribution >= 0.6 is 0 Å². The predicted molar refractivity (Wildman–Crippen MR) is 98.6 cm³/mol. The molecular formula is C18H32N2O6S. The molecule has 3 rings (SSSR count). The first kappa shape index (κ1) is 22.3. The molecule has 3 heterocycles. The van der Waals surface area contributed by atoms with Crippen LogP contribution in [0.5, 0.6) is 0 Å². The molecule has 3 saturated heterocycles.